The van der Waals surface area contributed by atoms with Gasteiger partial charge < -0.3 is 9.47 Å². The number of unbranched alkanes of at least 4 members (excludes halogenated alkanes) is 3. The van der Waals surface area contributed by atoms with Gasteiger partial charge in [-0.3, -0.25) is 0 Å². The number of hydrogen-bond donors (Lipinski definition) is 0. The standard InChI is InChI=1S/C15H22O2/c1-3-5-6-7-13-17-15-10-8-14(9-11-15)16-12-4-2/h4,8-11H,2-3,5-7,12-13H2,1H3. The van der Waals surface area contributed by atoms with Crippen LogP contribution >= 0.6 is 0 Å². The minimum atomic E-state index is 0.539. The highest BCUT2D eigenvalue weighted by molar-refractivity contribution is 5.31. The van der Waals surface area contributed by atoms with Crippen molar-refractivity contribution in [1.82, 2.24) is 0 Å². The first kappa shape index (κ1) is 13.6. The summed E-state index contributed by atoms with van der Waals surface area (Å²) in [5.41, 5.74) is 0. The molecule has 0 aliphatic heterocycles. The van der Waals surface area contributed by atoms with Gasteiger partial charge in [-0.1, -0.05) is 38.8 Å². The predicted molar refractivity (Wildman–Crippen MR) is 71.8 cm³/mol. The molecule has 0 heterocycles. The summed E-state index contributed by atoms with van der Waals surface area (Å²) in [7, 11) is 0. The van der Waals surface area contributed by atoms with Crippen molar-refractivity contribution in [3.05, 3.63) is 36.9 Å². The molecule has 17 heavy (non-hydrogen) atoms. The van der Waals surface area contributed by atoms with Crippen LogP contribution in [0.5, 0.6) is 11.5 Å². The van der Waals surface area contributed by atoms with Crippen molar-refractivity contribution in [2.24, 2.45) is 0 Å². The fraction of sp³-hybridized carbons (Fsp3) is 0.467. The van der Waals surface area contributed by atoms with Crippen LogP contribution in [0, 0.1) is 0 Å². The van der Waals surface area contributed by atoms with Crippen molar-refractivity contribution in [1.29, 1.82) is 0 Å². The zero-order valence-electron chi connectivity index (χ0n) is 10.7. The van der Waals surface area contributed by atoms with Gasteiger partial charge in [0.2, 0.25) is 0 Å². The highest BCUT2D eigenvalue weighted by atomic mass is 16.5. The Hall–Kier alpha value is -1.44. The minimum Gasteiger partial charge on any atom is -0.494 e. The quantitative estimate of drug-likeness (QED) is 0.470. The maximum atomic E-state index is 5.64. The van der Waals surface area contributed by atoms with E-state index in [1.54, 1.807) is 6.08 Å². The molecular formula is C15H22O2. The zero-order chi connectivity index (χ0) is 12.3. The molecule has 94 valence electrons. The summed E-state index contributed by atoms with van der Waals surface area (Å²) in [4.78, 5) is 0. The SMILES string of the molecule is C=CCOc1ccc(OCCCCCC)cc1. The Kier molecular flexibility index (Phi) is 6.96. The third-order valence-electron chi connectivity index (χ3n) is 2.46. The molecule has 0 saturated heterocycles. The summed E-state index contributed by atoms with van der Waals surface area (Å²) >= 11 is 0. The highest BCUT2D eigenvalue weighted by Crippen LogP contribution is 2.17. The van der Waals surface area contributed by atoms with Crippen LogP contribution in [-0.2, 0) is 0 Å². The van der Waals surface area contributed by atoms with Gasteiger partial charge in [0.05, 0.1) is 6.61 Å². The fourth-order valence-electron chi connectivity index (χ4n) is 1.51. The van der Waals surface area contributed by atoms with Crippen LogP contribution in [0.15, 0.2) is 36.9 Å². The Morgan fingerprint density at radius 2 is 1.65 bits per heavy atom. The van der Waals surface area contributed by atoms with E-state index in [1.807, 2.05) is 24.3 Å². The van der Waals surface area contributed by atoms with E-state index in [1.165, 1.54) is 19.3 Å². The van der Waals surface area contributed by atoms with Crippen LogP contribution in [0.4, 0.5) is 0 Å². The van der Waals surface area contributed by atoms with E-state index < -0.39 is 0 Å². The zero-order valence-corrected chi connectivity index (χ0v) is 10.7. The molecule has 0 saturated carbocycles. The molecule has 0 aliphatic rings. The van der Waals surface area contributed by atoms with Gasteiger partial charge >= 0.3 is 0 Å². The molecule has 0 aromatic heterocycles. The number of rotatable bonds is 9. The van der Waals surface area contributed by atoms with Gasteiger partial charge in [0.15, 0.2) is 0 Å². The molecule has 0 N–H and O–H groups in total. The molecule has 0 atom stereocenters. The van der Waals surface area contributed by atoms with Crippen LogP contribution in [0.2, 0.25) is 0 Å². The van der Waals surface area contributed by atoms with E-state index in [-0.39, 0.29) is 0 Å². The summed E-state index contributed by atoms with van der Waals surface area (Å²) in [6.07, 6.45) is 6.66. The van der Waals surface area contributed by atoms with Gasteiger partial charge in [0.25, 0.3) is 0 Å². The Labute approximate surface area is 104 Å². The van der Waals surface area contributed by atoms with Crippen LogP contribution in [-0.4, -0.2) is 13.2 Å². The Morgan fingerprint density at radius 1 is 1.00 bits per heavy atom. The maximum Gasteiger partial charge on any atom is 0.120 e. The predicted octanol–water partition coefficient (Wildman–Crippen LogP) is 4.21. The molecule has 1 aromatic carbocycles. The van der Waals surface area contributed by atoms with Crippen molar-refractivity contribution in [2.75, 3.05) is 13.2 Å². The lowest BCUT2D eigenvalue weighted by atomic mass is 10.2. The summed E-state index contributed by atoms with van der Waals surface area (Å²) in [5.74, 6) is 1.76. The molecule has 0 unspecified atom stereocenters. The van der Waals surface area contributed by atoms with Gasteiger partial charge in [-0.05, 0) is 30.7 Å². The van der Waals surface area contributed by atoms with E-state index in [0.29, 0.717) is 6.61 Å². The van der Waals surface area contributed by atoms with E-state index in [4.69, 9.17) is 9.47 Å². The molecule has 0 aliphatic carbocycles. The second-order valence-electron chi connectivity index (χ2n) is 3.98. The number of ether oxygens (including phenoxy) is 2. The lowest BCUT2D eigenvalue weighted by Crippen LogP contribution is -1.97. The van der Waals surface area contributed by atoms with Gasteiger partial charge in [-0.2, -0.15) is 0 Å². The molecule has 1 rings (SSSR count). The smallest absolute Gasteiger partial charge is 0.120 e. The van der Waals surface area contributed by atoms with Crippen molar-refractivity contribution in [2.45, 2.75) is 32.6 Å². The lowest BCUT2D eigenvalue weighted by Gasteiger charge is -2.07. The first-order valence-corrected chi connectivity index (χ1v) is 6.33. The minimum absolute atomic E-state index is 0.539. The Bertz CT molecular complexity index is 303. The molecule has 0 fully saturated rings. The van der Waals surface area contributed by atoms with Crippen LogP contribution in [0.1, 0.15) is 32.6 Å². The van der Waals surface area contributed by atoms with Gasteiger partial charge in [0, 0.05) is 0 Å². The molecular weight excluding hydrogens is 212 g/mol. The van der Waals surface area contributed by atoms with Crippen molar-refractivity contribution in [3.63, 3.8) is 0 Å². The fourth-order valence-corrected chi connectivity index (χ4v) is 1.51. The monoisotopic (exact) mass is 234 g/mol. The van der Waals surface area contributed by atoms with E-state index in [2.05, 4.69) is 13.5 Å². The molecule has 2 heteroatoms. The first-order valence-electron chi connectivity index (χ1n) is 6.33. The number of hydrogen-bond acceptors (Lipinski definition) is 2. The summed E-state index contributed by atoms with van der Waals surface area (Å²) in [6.45, 7) is 7.16. The van der Waals surface area contributed by atoms with Gasteiger partial charge in [0.1, 0.15) is 18.1 Å². The average Bonchev–Trinajstić information content (AvgIpc) is 2.37. The topological polar surface area (TPSA) is 18.5 Å². The van der Waals surface area contributed by atoms with Crippen molar-refractivity contribution in [3.8, 4) is 11.5 Å². The van der Waals surface area contributed by atoms with E-state index >= 15 is 0 Å². The van der Waals surface area contributed by atoms with E-state index in [9.17, 15) is 0 Å². The second kappa shape index (κ2) is 8.68. The van der Waals surface area contributed by atoms with Gasteiger partial charge in [-0.15, -0.1) is 0 Å². The third kappa shape index (κ3) is 6.00. The average molecular weight is 234 g/mol. The van der Waals surface area contributed by atoms with Crippen molar-refractivity contribution < 1.29 is 9.47 Å². The molecule has 0 spiro atoms. The van der Waals surface area contributed by atoms with Gasteiger partial charge in [-0.25, -0.2) is 0 Å². The van der Waals surface area contributed by atoms with Crippen LogP contribution in [0.25, 0.3) is 0 Å². The first-order chi connectivity index (χ1) is 8.36. The summed E-state index contributed by atoms with van der Waals surface area (Å²) in [6, 6.07) is 7.73. The highest BCUT2D eigenvalue weighted by Gasteiger charge is 1.95. The molecule has 1 aromatic rings. The lowest BCUT2D eigenvalue weighted by molar-refractivity contribution is 0.304. The van der Waals surface area contributed by atoms with Crippen molar-refractivity contribution >= 4 is 0 Å². The molecule has 0 bridgehead atoms. The van der Waals surface area contributed by atoms with Crippen LogP contribution < -0.4 is 9.47 Å². The third-order valence-corrected chi connectivity index (χ3v) is 2.46. The Morgan fingerprint density at radius 3 is 2.24 bits per heavy atom. The van der Waals surface area contributed by atoms with Crippen LogP contribution in [0.3, 0.4) is 0 Å². The Balaban J connectivity index is 2.23. The maximum absolute atomic E-state index is 5.64. The largest absolute Gasteiger partial charge is 0.494 e. The summed E-state index contributed by atoms with van der Waals surface area (Å²) < 4.78 is 11.0. The second-order valence-corrected chi connectivity index (χ2v) is 3.98. The summed E-state index contributed by atoms with van der Waals surface area (Å²) in [5, 5.41) is 0. The molecule has 0 radical (unpaired) electrons. The number of benzene rings is 1. The normalized spacial score (nSPS) is 9.94. The molecule has 2 nitrogen and oxygen atoms in total. The molecule has 0 amide bonds. The van der Waals surface area contributed by atoms with E-state index in [0.717, 1.165) is 24.5 Å².